The first-order valence-corrected chi connectivity index (χ1v) is 11.1. The largest absolute Gasteiger partial charge is 0.493 e. The molecule has 0 saturated heterocycles. The molecule has 0 fully saturated rings. The third kappa shape index (κ3) is 4.50. The Morgan fingerprint density at radius 2 is 1.84 bits per heavy atom. The number of methoxy groups -OCH3 is 2. The van der Waals surface area contributed by atoms with Crippen molar-refractivity contribution < 1.29 is 23.4 Å². The van der Waals surface area contributed by atoms with Gasteiger partial charge in [0.1, 0.15) is 5.69 Å². The Morgan fingerprint density at radius 1 is 1.19 bits per heavy atom. The van der Waals surface area contributed by atoms with Gasteiger partial charge < -0.3 is 25.2 Å². The molecule has 0 aliphatic carbocycles. The van der Waals surface area contributed by atoms with Crippen LogP contribution in [0.4, 0.5) is 25.8 Å². The summed E-state index contributed by atoms with van der Waals surface area (Å²) in [5.41, 5.74) is 8.20. The summed E-state index contributed by atoms with van der Waals surface area (Å²) in [7, 11) is 4.09. The van der Waals surface area contributed by atoms with Gasteiger partial charge in [-0.25, -0.2) is 8.78 Å². The summed E-state index contributed by atoms with van der Waals surface area (Å²) in [6, 6.07) is 11.2. The lowest BCUT2D eigenvalue weighted by molar-refractivity contribution is 0.165. The fraction of sp³-hybridized carbons (Fsp3) is 0.192. The zero-order chi connectivity index (χ0) is 26.7. The summed E-state index contributed by atoms with van der Waals surface area (Å²) in [6.45, 7) is -0.0930. The van der Waals surface area contributed by atoms with Gasteiger partial charge in [-0.15, -0.1) is 0 Å². The number of ether oxygens (including phenoxy) is 2. The monoisotopic (exact) mass is 506 g/mol. The maximum atomic E-state index is 15.4. The Balaban J connectivity index is 1.94. The van der Waals surface area contributed by atoms with E-state index in [4.69, 9.17) is 15.2 Å². The average Bonchev–Trinajstić information content (AvgIpc) is 2.92. The van der Waals surface area contributed by atoms with Gasteiger partial charge in [0, 0.05) is 48.5 Å². The highest BCUT2D eigenvalue weighted by atomic mass is 19.1. The van der Waals surface area contributed by atoms with Crippen molar-refractivity contribution >= 4 is 28.8 Å². The van der Waals surface area contributed by atoms with Gasteiger partial charge in [0.25, 0.3) is 0 Å². The normalized spacial score (nSPS) is 15.5. The molecular formula is C26H24F2N6O3. The minimum Gasteiger partial charge on any atom is -0.493 e. The van der Waals surface area contributed by atoms with E-state index in [1.54, 1.807) is 49.8 Å². The molecule has 190 valence electrons. The molecule has 9 nitrogen and oxygen atoms in total. The number of allylic oxidation sites excluding steroid dienone is 1. The lowest BCUT2D eigenvalue weighted by atomic mass is 10.0. The molecule has 0 radical (unpaired) electrons. The van der Waals surface area contributed by atoms with Gasteiger partial charge in [0.2, 0.25) is 6.35 Å². The third-order valence-electron chi connectivity index (χ3n) is 5.93. The molecule has 1 aromatic heterocycles. The Bertz CT molecular complexity index is 1390. The summed E-state index contributed by atoms with van der Waals surface area (Å²) < 4.78 is 41.0. The number of benzene rings is 2. The van der Waals surface area contributed by atoms with Crippen LogP contribution in [-0.4, -0.2) is 43.9 Å². The number of aliphatic hydroxyl groups is 1. The zero-order valence-electron chi connectivity index (χ0n) is 20.3. The number of fused-ring (bicyclic) bond motifs is 1. The first-order chi connectivity index (χ1) is 17.9. The standard InChI is InChI=1S/C26H24F2N6O3/c1-31-12-16(11-30)19-8-20-17(13-32-19)14-33(25-23(27)21(36-2)9-22(37-3)24(25)28)26(35)34(20)18-6-4-15(10-29)5-7-18/h4-9,11-13,26,35H,14,30H2,1-3H3. The number of nitrogens with zero attached hydrogens (tertiary/aromatic N) is 5. The number of hydrogen-bond donors (Lipinski definition) is 2. The molecule has 1 unspecified atom stereocenters. The lowest BCUT2D eigenvalue weighted by Gasteiger charge is -2.44. The number of pyridine rings is 1. The fourth-order valence-electron chi connectivity index (χ4n) is 4.13. The highest BCUT2D eigenvalue weighted by Gasteiger charge is 2.37. The maximum absolute atomic E-state index is 15.4. The summed E-state index contributed by atoms with van der Waals surface area (Å²) in [4.78, 5) is 11.1. The predicted molar refractivity (Wildman–Crippen MR) is 136 cm³/mol. The molecule has 0 saturated carbocycles. The highest BCUT2D eigenvalue weighted by Crippen LogP contribution is 2.44. The van der Waals surface area contributed by atoms with Gasteiger partial charge >= 0.3 is 0 Å². The first kappa shape index (κ1) is 25.4. The molecule has 0 amide bonds. The molecule has 2 aromatic carbocycles. The second-order valence-electron chi connectivity index (χ2n) is 7.97. The van der Waals surface area contributed by atoms with Crippen molar-refractivity contribution in [3.63, 3.8) is 0 Å². The van der Waals surface area contributed by atoms with Crippen LogP contribution >= 0.6 is 0 Å². The molecule has 0 spiro atoms. The van der Waals surface area contributed by atoms with Gasteiger partial charge in [-0.05, 0) is 30.3 Å². The smallest absolute Gasteiger partial charge is 0.212 e. The van der Waals surface area contributed by atoms with Crippen LogP contribution in [-0.2, 0) is 6.54 Å². The van der Waals surface area contributed by atoms with E-state index in [0.29, 0.717) is 33.8 Å². The minimum absolute atomic E-state index is 0.0930. The zero-order valence-corrected chi connectivity index (χ0v) is 20.3. The third-order valence-corrected chi connectivity index (χ3v) is 5.93. The Labute approximate surface area is 212 Å². The molecule has 1 atom stereocenters. The molecule has 0 bridgehead atoms. The van der Waals surface area contributed by atoms with Crippen LogP contribution in [0.2, 0.25) is 0 Å². The topological polar surface area (TPSA) is 120 Å². The fourth-order valence-corrected chi connectivity index (χ4v) is 4.13. The number of halogens is 2. The van der Waals surface area contributed by atoms with Crippen molar-refractivity contribution in [3.05, 3.63) is 77.3 Å². The quantitative estimate of drug-likeness (QED) is 0.486. The van der Waals surface area contributed by atoms with Crippen LogP contribution in [0.1, 0.15) is 16.8 Å². The summed E-state index contributed by atoms with van der Waals surface area (Å²) in [5, 5.41) is 20.8. The van der Waals surface area contributed by atoms with Crippen LogP contribution in [0, 0.1) is 23.0 Å². The second-order valence-corrected chi connectivity index (χ2v) is 7.97. The Morgan fingerprint density at radius 3 is 2.38 bits per heavy atom. The van der Waals surface area contributed by atoms with Crippen molar-refractivity contribution in [2.45, 2.75) is 12.9 Å². The van der Waals surface area contributed by atoms with E-state index in [1.807, 2.05) is 6.07 Å². The van der Waals surface area contributed by atoms with Crippen molar-refractivity contribution in [2.75, 3.05) is 31.1 Å². The SMILES string of the molecule is CN=CC(=CN)c1cc2c(cn1)CN(c1c(F)c(OC)cc(OC)c1F)C(O)N2c1ccc(C#N)cc1. The first-order valence-electron chi connectivity index (χ1n) is 11.1. The van der Waals surface area contributed by atoms with Crippen molar-refractivity contribution in [1.82, 2.24) is 4.98 Å². The summed E-state index contributed by atoms with van der Waals surface area (Å²) in [6.07, 6.45) is 2.87. The molecular weight excluding hydrogens is 482 g/mol. The lowest BCUT2D eigenvalue weighted by Crippen LogP contribution is -2.50. The molecule has 3 aromatic rings. The molecule has 3 N–H and O–H groups in total. The van der Waals surface area contributed by atoms with E-state index in [0.717, 1.165) is 11.0 Å². The average molecular weight is 507 g/mol. The molecule has 11 heteroatoms. The number of aromatic nitrogens is 1. The number of nitriles is 1. The molecule has 1 aliphatic heterocycles. The van der Waals surface area contributed by atoms with Gasteiger partial charge in [-0.1, -0.05) is 0 Å². The van der Waals surface area contributed by atoms with Crippen LogP contribution in [0.5, 0.6) is 11.5 Å². The second kappa shape index (κ2) is 10.5. The molecule has 2 heterocycles. The van der Waals surface area contributed by atoms with Crippen molar-refractivity contribution in [1.29, 1.82) is 5.26 Å². The van der Waals surface area contributed by atoms with E-state index < -0.39 is 23.7 Å². The van der Waals surface area contributed by atoms with Crippen LogP contribution in [0.15, 0.2) is 53.8 Å². The van der Waals surface area contributed by atoms with E-state index in [1.165, 1.54) is 25.3 Å². The molecule has 4 rings (SSSR count). The number of nitrogens with two attached hydrogens (primary N) is 1. The van der Waals surface area contributed by atoms with E-state index in [9.17, 15) is 10.4 Å². The van der Waals surface area contributed by atoms with Gasteiger partial charge in [-0.3, -0.25) is 14.9 Å². The van der Waals surface area contributed by atoms with Crippen LogP contribution in [0.3, 0.4) is 0 Å². The van der Waals surface area contributed by atoms with Gasteiger partial charge in [0.15, 0.2) is 23.1 Å². The maximum Gasteiger partial charge on any atom is 0.212 e. The van der Waals surface area contributed by atoms with Crippen molar-refractivity contribution in [2.24, 2.45) is 10.7 Å². The van der Waals surface area contributed by atoms with E-state index in [2.05, 4.69) is 9.98 Å². The van der Waals surface area contributed by atoms with E-state index >= 15 is 8.78 Å². The summed E-state index contributed by atoms with van der Waals surface area (Å²) >= 11 is 0. The van der Waals surface area contributed by atoms with Crippen molar-refractivity contribution in [3.8, 4) is 17.6 Å². The number of rotatable bonds is 6. The Kier molecular flexibility index (Phi) is 7.22. The number of aliphatic hydroxyl groups excluding tert-OH is 1. The minimum atomic E-state index is -1.57. The molecule has 1 aliphatic rings. The highest BCUT2D eigenvalue weighted by molar-refractivity contribution is 6.09. The summed E-state index contributed by atoms with van der Waals surface area (Å²) in [5.74, 6) is -2.50. The van der Waals surface area contributed by atoms with Gasteiger partial charge in [0.05, 0.1) is 43.8 Å². The number of hydrogen-bond acceptors (Lipinski definition) is 9. The number of aliphatic imine (C=N–C) groups is 1. The molecule has 37 heavy (non-hydrogen) atoms. The number of anilines is 3. The van der Waals surface area contributed by atoms with Crippen LogP contribution in [0.25, 0.3) is 5.57 Å². The van der Waals surface area contributed by atoms with Crippen LogP contribution < -0.4 is 25.0 Å². The van der Waals surface area contributed by atoms with E-state index in [-0.39, 0.29) is 18.0 Å². The predicted octanol–water partition coefficient (Wildman–Crippen LogP) is 3.68. The van der Waals surface area contributed by atoms with Gasteiger partial charge in [-0.2, -0.15) is 5.26 Å². The Hall–Kier alpha value is -4.69.